The van der Waals surface area contributed by atoms with Crippen LogP contribution in [0.5, 0.6) is 11.5 Å². The number of hydrogen-bond acceptors (Lipinski definition) is 4. The zero-order chi connectivity index (χ0) is 12.8. The predicted molar refractivity (Wildman–Crippen MR) is 67.6 cm³/mol. The first-order chi connectivity index (χ1) is 8.17. The van der Waals surface area contributed by atoms with Gasteiger partial charge in [0.15, 0.2) is 11.5 Å². The van der Waals surface area contributed by atoms with E-state index in [4.69, 9.17) is 19.9 Å². The van der Waals surface area contributed by atoms with Crippen LogP contribution in [0.4, 0.5) is 0 Å². The van der Waals surface area contributed by atoms with Gasteiger partial charge in [0.2, 0.25) is 0 Å². The number of rotatable bonds is 6. The fraction of sp³-hybridized carbons (Fsp3) is 0.538. The average Bonchev–Trinajstić information content (AvgIpc) is 2.39. The highest BCUT2D eigenvalue weighted by atomic mass is 16.5. The molecule has 0 radical (unpaired) electrons. The van der Waals surface area contributed by atoms with Gasteiger partial charge in [-0.15, -0.1) is 0 Å². The molecule has 0 aliphatic rings. The Morgan fingerprint density at radius 2 is 1.76 bits per heavy atom. The van der Waals surface area contributed by atoms with Gasteiger partial charge in [-0.1, -0.05) is 13.0 Å². The Labute approximate surface area is 103 Å². The van der Waals surface area contributed by atoms with Gasteiger partial charge in [-0.25, -0.2) is 0 Å². The molecule has 2 atom stereocenters. The quantitative estimate of drug-likeness (QED) is 0.826. The van der Waals surface area contributed by atoms with Gasteiger partial charge in [0, 0.05) is 7.11 Å². The number of nitrogens with two attached hydrogens (primary N) is 1. The Balaban J connectivity index is 2.98. The minimum atomic E-state index is -0.162. The van der Waals surface area contributed by atoms with Crippen molar-refractivity contribution in [2.24, 2.45) is 5.73 Å². The summed E-state index contributed by atoms with van der Waals surface area (Å²) in [6.45, 7) is 2.05. The molecule has 0 spiro atoms. The van der Waals surface area contributed by atoms with Crippen LogP contribution in [0, 0.1) is 0 Å². The molecule has 4 nitrogen and oxygen atoms in total. The molecule has 0 aromatic heterocycles. The van der Waals surface area contributed by atoms with Crippen LogP contribution < -0.4 is 15.2 Å². The van der Waals surface area contributed by atoms with Crippen LogP contribution in [0.3, 0.4) is 0 Å². The largest absolute Gasteiger partial charge is 0.493 e. The summed E-state index contributed by atoms with van der Waals surface area (Å²) in [5.41, 5.74) is 7.14. The molecule has 0 saturated heterocycles. The van der Waals surface area contributed by atoms with Crippen molar-refractivity contribution < 1.29 is 14.2 Å². The Hall–Kier alpha value is -1.26. The van der Waals surface area contributed by atoms with E-state index in [1.54, 1.807) is 21.3 Å². The molecule has 2 unspecified atom stereocenters. The van der Waals surface area contributed by atoms with Crippen molar-refractivity contribution in [3.05, 3.63) is 23.8 Å². The van der Waals surface area contributed by atoms with E-state index in [-0.39, 0.29) is 12.1 Å². The number of hydrogen-bond donors (Lipinski definition) is 1. The van der Waals surface area contributed by atoms with E-state index < -0.39 is 0 Å². The van der Waals surface area contributed by atoms with E-state index in [0.29, 0.717) is 11.5 Å². The Bertz CT molecular complexity index is 351. The molecular weight excluding hydrogens is 218 g/mol. The molecule has 2 N–H and O–H groups in total. The molecule has 1 aromatic carbocycles. The summed E-state index contributed by atoms with van der Waals surface area (Å²) in [6, 6.07) is 5.53. The molecule has 0 fully saturated rings. The maximum Gasteiger partial charge on any atom is 0.161 e. The molecule has 17 heavy (non-hydrogen) atoms. The van der Waals surface area contributed by atoms with Crippen LogP contribution in [0.25, 0.3) is 0 Å². The van der Waals surface area contributed by atoms with E-state index in [0.717, 1.165) is 12.0 Å². The summed E-state index contributed by atoms with van der Waals surface area (Å²) in [4.78, 5) is 0. The predicted octanol–water partition coefficient (Wildman–Crippen LogP) is 2.13. The second-order valence-corrected chi connectivity index (χ2v) is 3.82. The summed E-state index contributed by atoms with van der Waals surface area (Å²) >= 11 is 0. The van der Waals surface area contributed by atoms with Crippen molar-refractivity contribution >= 4 is 0 Å². The van der Waals surface area contributed by atoms with Crippen molar-refractivity contribution in [2.75, 3.05) is 21.3 Å². The Morgan fingerprint density at radius 1 is 1.12 bits per heavy atom. The van der Waals surface area contributed by atoms with Crippen LogP contribution in [0.15, 0.2) is 18.2 Å². The van der Waals surface area contributed by atoms with E-state index >= 15 is 0 Å². The molecule has 0 heterocycles. The van der Waals surface area contributed by atoms with Crippen LogP contribution >= 0.6 is 0 Å². The summed E-state index contributed by atoms with van der Waals surface area (Å²) in [6.07, 6.45) is 0.875. The second kappa shape index (κ2) is 6.47. The van der Waals surface area contributed by atoms with Gasteiger partial charge in [0.05, 0.1) is 26.4 Å². The fourth-order valence-electron chi connectivity index (χ4n) is 1.84. The van der Waals surface area contributed by atoms with Crippen molar-refractivity contribution in [2.45, 2.75) is 25.5 Å². The fourth-order valence-corrected chi connectivity index (χ4v) is 1.84. The Kier molecular flexibility index (Phi) is 5.25. The minimum absolute atomic E-state index is 0.00750. The molecule has 0 bridgehead atoms. The lowest BCUT2D eigenvalue weighted by Crippen LogP contribution is -2.27. The number of methoxy groups -OCH3 is 3. The summed E-state index contributed by atoms with van der Waals surface area (Å²) in [5.74, 6) is 1.39. The second-order valence-electron chi connectivity index (χ2n) is 3.82. The molecule has 96 valence electrons. The molecule has 1 aromatic rings. The minimum Gasteiger partial charge on any atom is -0.493 e. The van der Waals surface area contributed by atoms with Crippen LogP contribution in [0.2, 0.25) is 0 Å². The lowest BCUT2D eigenvalue weighted by molar-refractivity contribution is 0.0771. The highest BCUT2D eigenvalue weighted by Gasteiger charge is 2.18. The third kappa shape index (κ3) is 3.11. The van der Waals surface area contributed by atoms with Crippen molar-refractivity contribution in [3.63, 3.8) is 0 Å². The van der Waals surface area contributed by atoms with E-state index in [1.807, 2.05) is 18.2 Å². The molecule has 0 saturated carbocycles. The third-order valence-electron chi connectivity index (χ3n) is 2.90. The highest BCUT2D eigenvalue weighted by molar-refractivity contribution is 5.43. The van der Waals surface area contributed by atoms with Gasteiger partial charge in [-0.05, 0) is 24.1 Å². The SMILES string of the molecule is CCC(OC)C(N)c1ccc(OC)c(OC)c1. The highest BCUT2D eigenvalue weighted by Crippen LogP contribution is 2.30. The summed E-state index contributed by atoms with van der Waals surface area (Å²) in [5, 5.41) is 0. The van der Waals surface area contributed by atoms with Gasteiger partial charge < -0.3 is 19.9 Å². The van der Waals surface area contributed by atoms with Crippen molar-refractivity contribution in [1.29, 1.82) is 0 Å². The molecule has 0 aliphatic heterocycles. The van der Waals surface area contributed by atoms with Crippen LogP contribution in [0.1, 0.15) is 24.9 Å². The van der Waals surface area contributed by atoms with Gasteiger partial charge in [0.25, 0.3) is 0 Å². The molecule has 1 rings (SSSR count). The zero-order valence-corrected chi connectivity index (χ0v) is 10.9. The van der Waals surface area contributed by atoms with Crippen LogP contribution in [-0.2, 0) is 4.74 Å². The monoisotopic (exact) mass is 239 g/mol. The smallest absolute Gasteiger partial charge is 0.161 e. The van der Waals surface area contributed by atoms with Gasteiger partial charge in [-0.2, -0.15) is 0 Å². The molecule has 4 heteroatoms. The summed E-state index contributed by atoms with van der Waals surface area (Å²) in [7, 11) is 4.90. The third-order valence-corrected chi connectivity index (χ3v) is 2.90. The first kappa shape index (κ1) is 13.8. The van der Waals surface area contributed by atoms with Crippen LogP contribution in [-0.4, -0.2) is 27.4 Å². The van der Waals surface area contributed by atoms with Gasteiger partial charge in [0.1, 0.15) is 0 Å². The summed E-state index contributed by atoms with van der Waals surface area (Å²) < 4.78 is 15.8. The average molecular weight is 239 g/mol. The molecule has 0 aliphatic carbocycles. The van der Waals surface area contributed by atoms with E-state index in [1.165, 1.54) is 0 Å². The lowest BCUT2D eigenvalue weighted by Gasteiger charge is -2.22. The first-order valence-corrected chi connectivity index (χ1v) is 5.68. The van der Waals surface area contributed by atoms with E-state index in [2.05, 4.69) is 6.92 Å². The first-order valence-electron chi connectivity index (χ1n) is 5.68. The lowest BCUT2D eigenvalue weighted by atomic mass is 10.00. The topological polar surface area (TPSA) is 53.7 Å². The van der Waals surface area contributed by atoms with E-state index in [9.17, 15) is 0 Å². The number of benzene rings is 1. The standard InChI is InChI=1S/C13H21NO3/c1-5-10(15-2)13(14)9-6-7-11(16-3)12(8-9)17-4/h6-8,10,13H,5,14H2,1-4H3. The zero-order valence-electron chi connectivity index (χ0n) is 10.9. The van der Waals surface area contributed by atoms with Gasteiger partial charge in [-0.3, -0.25) is 0 Å². The molecular formula is C13H21NO3. The van der Waals surface area contributed by atoms with Crippen molar-refractivity contribution in [3.8, 4) is 11.5 Å². The van der Waals surface area contributed by atoms with Crippen molar-refractivity contribution in [1.82, 2.24) is 0 Å². The van der Waals surface area contributed by atoms with Gasteiger partial charge >= 0.3 is 0 Å². The number of ether oxygens (including phenoxy) is 3. The maximum atomic E-state index is 6.15. The molecule has 0 amide bonds. The maximum absolute atomic E-state index is 6.15. The normalized spacial score (nSPS) is 14.2. The Morgan fingerprint density at radius 3 is 2.24 bits per heavy atom.